The zero-order valence-electron chi connectivity index (χ0n) is 17.7. The number of primary amides is 1. The Bertz CT molecular complexity index is 990. The van der Waals surface area contributed by atoms with Gasteiger partial charge in [-0.05, 0) is 35.4 Å². The highest BCUT2D eigenvalue weighted by Crippen LogP contribution is 2.24. The number of nitrogens with two attached hydrogens (primary N) is 1. The van der Waals surface area contributed by atoms with Crippen LogP contribution < -0.4 is 16.4 Å². The van der Waals surface area contributed by atoms with Crippen LogP contribution in [0.15, 0.2) is 41.8 Å². The van der Waals surface area contributed by atoms with Crippen molar-refractivity contribution in [3.8, 4) is 10.4 Å². The molecule has 2 aromatic rings. The first-order valence-electron chi connectivity index (χ1n) is 10.1. The number of benzene rings is 1. The van der Waals surface area contributed by atoms with Gasteiger partial charge in [0, 0.05) is 17.7 Å². The topological polar surface area (TPSA) is 176 Å². The molecule has 0 fully saturated rings. The van der Waals surface area contributed by atoms with Crippen molar-refractivity contribution < 1.29 is 34.2 Å². The number of thiophene rings is 1. The van der Waals surface area contributed by atoms with Gasteiger partial charge in [-0.25, -0.2) is 0 Å². The average Bonchev–Trinajstić information content (AvgIpc) is 3.29. The second-order valence-electron chi connectivity index (χ2n) is 7.29. The maximum atomic E-state index is 12.5. The summed E-state index contributed by atoms with van der Waals surface area (Å²) in [6.45, 7) is 0. The maximum absolute atomic E-state index is 12.5. The Morgan fingerprint density at radius 1 is 0.909 bits per heavy atom. The summed E-state index contributed by atoms with van der Waals surface area (Å²) in [5.74, 6) is -4.95. The van der Waals surface area contributed by atoms with E-state index in [-0.39, 0.29) is 12.8 Å². The quantitative estimate of drug-likeness (QED) is 0.288. The molecule has 11 heteroatoms. The van der Waals surface area contributed by atoms with E-state index in [1.807, 2.05) is 41.8 Å². The Morgan fingerprint density at radius 2 is 1.61 bits per heavy atom. The summed E-state index contributed by atoms with van der Waals surface area (Å²) in [6.07, 6.45) is -0.942. The fourth-order valence-corrected chi connectivity index (χ4v) is 3.74. The van der Waals surface area contributed by atoms with Gasteiger partial charge in [-0.3, -0.25) is 24.0 Å². The minimum absolute atomic E-state index is 0.0452. The van der Waals surface area contributed by atoms with Crippen molar-refractivity contribution >= 4 is 41.0 Å². The number of nitrogens with one attached hydrogen (secondary N) is 2. The minimum atomic E-state index is -1.49. The molecule has 1 unspecified atom stereocenters. The molecule has 2 rings (SSSR count). The van der Waals surface area contributed by atoms with Crippen LogP contribution in [0, 0.1) is 0 Å². The summed E-state index contributed by atoms with van der Waals surface area (Å²) < 4.78 is 0. The molecule has 0 aliphatic rings. The van der Waals surface area contributed by atoms with Gasteiger partial charge in [0.25, 0.3) is 0 Å². The molecule has 1 aromatic heterocycles. The van der Waals surface area contributed by atoms with Crippen LogP contribution in [-0.2, 0) is 30.4 Å². The van der Waals surface area contributed by atoms with E-state index in [0.29, 0.717) is 6.42 Å². The van der Waals surface area contributed by atoms with Crippen LogP contribution in [0.1, 0.15) is 31.2 Å². The van der Waals surface area contributed by atoms with Gasteiger partial charge < -0.3 is 26.6 Å². The molecule has 0 saturated heterocycles. The SMILES string of the molecule is NC(=O)C(CC(=O)O)NC(=O)[C@H](CCC(=O)O)NC(=O)CCc1ccc(-c2cccs2)cc1. The van der Waals surface area contributed by atoms with Crippen molar-refractivity contribution in [1.82, 2.24) is 10.6 Å². The summed E-state index contributed by atoms with van der Waals surface area (Å²) in [5.41, 5.74) is 7.09. The van der Waals surface area contributed by atoms with Crippen LogP contribution in [0.25, 0.3) is 10.4 Å². The van der Waals surface area contributed by atoms with Gasteiger partial charge in [-0.15, -0.1) is 11.3 Å². The Morgan fingerprint density at radius 3 is 2.15 bits per heavy atom. The van der Waals surface area contributed by atoms with E-state index in [0.717, 1.165) is 16.0 Å². The van der Waals surface area contributed by atoms with Crippen molar-refractivity contribution in [2.45, 2.75) is 44.2 Å². The van der Waals surface area contributed by atoms with Crippen molar-refractivity contribution in [3.05, 3.63) is 47.3 Å². The standard InChI is InChI=1S/C22H25N3O7S/c23-21(31)16(12-20(29)30)25-22(32)15(8-10-19(27)28)24-18(26)9-5-13-3-6-14(7-4-13)17-2-1-11-33-17/h1-4,6-7,11,15-16H,5,8-10,12H2,(H2,23,31)(H,24,26)(H,25,32)(H,27,28)(H,29,30)/t15-,16?/m0/s1. The van der Waals surface area contributed by atoms with Gasteiger partial charge in [-0.2, -0.15) is 0 Å². The van der Waals surface area contributed by atoms with E-state index >= 15 is 0 Å². The highest BCUT2D eigenvalue weighted by molar-refractivity contribution is 7.13. The molecular formula is C22H25N3O7S. The molecule has 33 heavy (non-hydrogen) atoms. The Balaban J connectivity index is 1.96. The van der Waals surface area contributed by atoms with E-state index < -0.39 is 54.6 Å². The number of carbonyl (C=O) groups excluding carboxylic acids is 3. The van der Waals surface area contributed by atoms with Crippen LogP contribution >= 0.6 is 11.3 Å². The lowest BCUT2D eigenvalue weighted by molar-refractivity contribution is -0.140. The number of carbonyl (C=O) groups is 5. The molecular weight excluding hydrogens is 450 g/mol. The predicted octanol–water partition coefficient (Wildman–Crippen LogP) is 1.14. The van der Waals surface area contributed by atoms with Gasteiger partial charge in [0.2, 0.25) is 17.7 Å². The predicted molar refractivity (Wildman–Crippen MR) is 120 cm³/mol. The molecule has 1 aromatic carbocycles. The molecule has 176 valence electrons. The first-order chi connectivity index (χ1) is 15.7. The van der Waals surface area contributed by atoms with Crippen LogP contribution in [0.4, 0.5) is 0 Å². The molecule has 6 N–H and O–H groups in total. The number of aliphatic carboxylic acids is 2. The third-order valence-electron chi connectivity index (χ3n) is 4.74. The van der Waals surface area contributed by atoms with E-state index in [4.69, 9.17) is 15.9 Å². The average molecular weight is 476 g/mol. The molecule has 0 spiro atoms. The zero-order chi connectivity index (χ0) is 24.4. The first-order valence-corrected chi connectivity index (χ1v) is 11.0. The number of aryl methyl sites for hydroxylation is 1. The van der Waals surface area contributed by atoms with Gasteiger partial charge in [0.1, 0.15) is 12.1 Å². The number of carboxylic acids is 2. The number of hydrogen-bond acceptors (Lipinski definition) is 6. The summed E-state index contributed by atoms with van der Waals surface area (Å²) in [6, 6.07) is 8.94. The fourth-order valence-electron chi connectivity index (χ4n) is 3.01. The van der Waals surface area contributed by atoms with Crippen LogP contribution in [0.5, 0.6) is 0 Å². The van der Waals surface area contributed by atoms with Gasteiger partial charge in [-0.1, -0.05) is 30.3 Å². The summed E-state index contributed by atoms with van der Waals surface area (Å²) in [7, 11) is 0. The molecule has 0 bridgehead atoms. The summed E-state index contributed by atoms with van der Waals surface area (Å²) >= 11 is 1.62. The molecule has 0 aliphatic carbocycles. The van der Waals surface area contributed by atoms with Crippen molar-refractivity contribution in [2.24, 2.45) is 5.73 Å². The van der Waals surface area contributed by atoms with Gasteiger partial charge >= 0.3 is 11.9 Å². The molecule has 2 atom stereocenters. The largest absolute Gasteiger partial charge is 0.481 e. The Kier molecular flexibility index (Phi) is 9.55. The minimum Gasteiger partial charge on any atom is -0.481 e. The van der Waals surface area contributed by atoms with Crippen molar-refractivity contribution in [2.75, 3.05) is 0 Å². The normalized spacial score (nSPS) is 12.4. The molecule has 10 nitrogen and oxygen atoms in total. The maximum Gasteiger partial charge on any atom is 0.305 e. The van der Waals surface area contributed by atoms with E-state index in [1.165, 1.54) is 0 Å². The molecule has 3 amide bonds. The number of rotatable bonds is 13. The molecule has 0 saturated carbocycles. The van der Waals surface area contributed by atoms with Crippen LogP contribution in [0.2, 0.25) is 0 Å². The lowest BCUT2D eigenvalue weighted by atomic mass is 10.1. The molecule has 0 aliphatic heterocycles. The summed E-state index contributed by atoms with van der Waals surface area (Å²) in [4.78, 5) is 59.2. The first kappa shape index (κ1) is 25.5. The lowest BCUT2D eigenvalue weighted by Crippen LogP contribution is -2.53. The number of carboxylic acid groups (broad SMARTS) is 2. The second-order valence-corrected chi connectivity index (χ2v) is 8.24. The molecule has 1 heterocycles. The molecule has 0 radical (unpaired) electrons. The van der Waals surface area contributed by atoms with Crippen molar-refractivity contribution in [3.63, 3.8) is 0 Å². The van der Waals surface area contributed by atoms with E-state index in [2.05, 4.69) is 10.6 Å². The highest BCUT2D eigenvalue weighted by Gasteiger charge is 2.27. The smallest absolute Gasteiger partial charge is 0.305 e. The van der Waals surface area contributed by atoms with Crippen molar-refractivity contribution in [1.29, 1.82) is 0 Å². The number of amides is 3. The van der Waals surface area contributed by atoms with E-state index in [1.54, 1.807) is 11.3 Å². The van der Waals surface area contributed by atoms with E-state index in [9.17, 15) is 24.0 Å². The lowest BCUT2D eigenvalue weighted by Gasteiger charge is -2.21. The second kappa shape index (κ2) is 12.3. The number of hydrogen-bond donors (Lipinski definition) is 5. The highest BCUT2D eigenvalue weighted by atomic mass is 32.1. The van der Waals surface area contributed by atoms with Gasteiger partial charge in [0.15, 0.2) is 0 Å². The van der Waals surface area contributed by atoms with Crippen LogP contribution in [0.3, 0.4) is 0 Å². The van der Waals surface area contributed by atoms with Gasteiger partial charge in [0.05, 0.1) is 6.42 Å². The Labute approximate surface area is 193 Å². The Hall–Kier alpha value is -3.73. The summed E-state index contributed by atoms with van der Waals surface area (Å²) in [5, 5.41) is 24.4. The fraction of sp³-hybridized carbons (Fsp3) is 0.318. The van der Waals surface area contributed by atoms with Crippen LogP contribution in [-0.4, -0.2) is 52.0 Å². The monoisotopic (exact) mass is 475 g/mol. The zero-order valence-corrected chi connectivity index (χ0v) is 18.5. The third kappa shape index (κ3) is 8.73. The third-order valence-corrected chi connectivity index (χ3v) is 5.66.